The van der Waals surface area contributed by atoms with Gasteiger partial charge in [0.25, 0.3) is 0 Å². The van der Waals surface area contributed by atoms with E-state index >= 15 is 0 Å². The van der Waals surface area contributed by atoms with Gasteiger partial charge < -0.3 is 5.32 Å². The molecular formula is C19H22N2O6S2. The van der Waals surface area contributed by atoms with E-state index in [2.05, 4.69) is 5.32 Å². The maximum Gasteiger partial charge on any atom is 0.243 e. The van der Waals surface area contributed by atoms with Crippen molar-refractivity contribution in [2.75, 3.05) is 24.7 Å². The Morgan fingerprint density at radius 1 is 0.966 bits per heavy atom. The lowest BCUT2D eigenvalue weighted by Gasteiger charge is -2.18. The summed E-state index contributed by atoms with van der Waals surface area (Å²) in [7, 11) is -6.29. The molecule has 0 heterocycles. The molecule has 156 valence electrons. The number of rotatable bonds is 8. The first-order valence-electron chi connectivity index (χ1n) is 8.68. The van der Waals surface area contributed by atoms with Gasteiger partial charge in [-0.1, -0.05) is 31.2 Å². The van der Waals surface area contributed by atoms with Crippen molar-refractivity contribution in [3.63, 3.8) is 0 Å². The summed E-state index contributed by atoms with van der Waals surface area (Å²) in [6.45, 7) is 2.35. The highest BCUT2D eigenvalue weighted by atomic mass is 32.2. The highest BCUT2D eigenvalue weighted by Gasteiger charge is 2.24. The van der Waals surface area contributed by atoms with Gasteiger partial charge in [-0.3, -0.25) is 9.59 Å². The second-order valence-corrected chi connectivity index (χ2v) is 10.6. The largest absolute Gasteiger partial charge is 0.324 e. The summed E-state index contributed by atoms with van der Waals surface area (Å²) in [5, 5.41) is 2.46. The van der Waals surface area contributed by atoms with Crippen molar-refractivity contribution in [1.82, 2.24) is 4.31 Å². The van der Waals surface area contributed by atoms with Gasteiger partial charge in [-0.2, -0.15) is 4.31 Å². The summed E-state index contributed by atoms with van der Waals surface area (Å²) in [6, 6.07) is 11.3. The van der Waals surface area contributed by atoms with Crippen LogP contribution in [0.5, 0.6) is 0 Å². The summed E-state index contributed by atoms with van der Waals surface area (Å²) in [5.41, 5.74) is 0.467. The van der Waals surface area contributed by atoms with Gasteiger partial charge in [0.05, 0.1) is 27.8 Å². The molecule has 2 aromatic rings. The lowest BCUT2D eigenvalue weighted by molar-refractivity contribution is -0.116. The van der Waals surface area contributed by atoms with Gasteiger partial charge in [0.2, 0.25) is 15.9 Å². The van der Waals surface area contributed by atoms with E-state index in [0.29, 0.717) is 5.56 Å². The average Bonchev–Trinajstić information content (AvgIpc) is 2.68. The molecule has 2 rings (SSSR count). The smallest absolute Gasteiger partial charge is 0.243 e. The maximum atomic E-state index is 12.6. The number of amides is 1. The minimum absolute atomic E-state index is 0.0267. The predicted octanol–water partition coefficient (Wildman–Crippen LogP) is 1.94. The SMILES string of the molecule is CCS(=O)(=O)c1ccccc1NC(=O)CN(C)S(=O)(=O)c1ccc(C(C)=O)cc1. The molecule has 0 aliphatic rings. The lowest BCUT2D eigenvalue weighted by Crippen LogP contribution is -2.35. The van der Waals surface area contributed by atoms with Gasteiger partial charge in [0, 0.05) is 12.6 Å². The van der Waals surface area contributed by atoms with Crippen LogP contribution in [0.25, 0.3) is 0 Å². The fourth-order valence-electron chi connectivity index (χ4n) is 2.52. The van der Waals surface area contributed by atoms with Crippen LogP contribution >= 0.6 is 0 Å². The van der Waals surface area contributed by atoms with Gasteiger partial charge in [0.15, 0.2) is 15.6 Å². The molecule has 0 unspecified atom stereocenters. The number of hydrogen-bond acceptors (Lipinski definition) is 6. The molecule has 2 aromatic carbocycles. The fraction of sp³-hybridized carbons (Fsp3) is 0.263. The van der Waals surface area contributed by atoms with E-state index in [4.69, 9.17) is 0 Å². The van der Waals surface area contributed by atoms with E-state index in [-0.39, 0.29) is 27.0 Å². The molecule has 0 aliphatic heterocycles. The van der Waals surface area contributed by atoms with Gasteiger partial charge in [0.1, 0.15) is 0 Å². The molecule has 1 N–H and O–H groups in total. The number of Topliss-reactive ketones (excluding diaryl/α,β-unsaturated/α-hetero) is 1. The number of nitrogens with zero attached hydrogens (tertiary/aromatic N) is 1. The zero-order valence-corrected chi connectivity index (χ0v) is 17.9. The van der Waals surface area contributed by atoms with Crippen LogP contribution in [0.2, 0.25) is 0 Å². The summed E-state index contributed by atoms with van der Waals surface area (Å²) >= 11 is 0. The quantitative estimate of drug-likeness (QED) is 0.630. The Balaban J connectivity index is 2.18. The number of carbonyl (C=O) groups is 2. The Bertz CT molecular complexity index is 1120. The topological polar surface area (TPSA) is 118 Å². The number of anilines is 1. The van der Waals surface area contributed by atoms with Crippen LogP contribution < -0.4 is 5.32 Å². The number of ketones is 1. The Labute approximate surface area is 170 Å². The number of likely N-dealkylation sites (N-methyl/N-ethyl adjacent to an activating group) is 1. The number of sulfone groups is 1. The average molecular weight is 439 g/mol. The summed E-state index contributed by atoms with van der Waals surface area (Å²) in [5.74, 6) is -1.01. The van der Waals surface area contributed by atoms with Crippen molar-refractivity contribution in [2.45, 2.75) is 23.6 Å². The third-order valence-corrected chi connectivity index (χ3v) is 7.82. The number of sulfonamides is 1. The Morgan fingerprint density at radius 3 is 2.10 bits per heavy atom. The Kier molecular flexibility index (Phi) is 6.93. The molecule has 0 spiro atoms. The van der Waals surface area contributed by atoms with E-state index < -0.39 is 32.3 Å². The van der Waals surface area contributed by atoms with Crippen LogP contribution in [0.4, 0.5) is 5.69 Å². The summed E-state index contributed by atoms with van der Waals surface area (Å²) < 4.78 is 50.5. The number of hydrogen-bond donors (Lipinski definition) is 1. The van der Waals surface area contributed by atoms with Crippen LogP contribution in [0.15, 0.2) is 58.3 Å². The summed E-state index contributed by atoms with van der Waals surface area (Å²) in [4.78, 5) is 23.6. The zero-order chi connectivity index (χ0) is 21.8. The molecule has 1 amide bonds. The van der Waals surface area contributed by atoms with Crippen molar-refractivity contribution in [1.29, 1.82) is 0 Å². The van der Waals surface area contributed by atoms with Crippen LogP contribution in [0, 0.1) is 0 Å². The van der Waals surface area contributed by atoms with Crippen LogP contribution in [-0.4, -0.2) is 52.2 Å². The van der Waals surface area contributed by atoms with Gasteiger partial charge >= 0.3 is 0 Å². The van der Waals surface area contributed by atoms with Crippen LogP contribution in [0.1, 0.15) is 24.2 Å². The molecule has 0 aromatic heterocycles. The van der Waals surface area contributed by atoms with Gasteiger partial charge in [-0.25, -0.2) is 16.8 Å². The highest BCUT2D eigenvalue weighted by molar-refractivity contribution is 7.91. The first-order valence-corrected chi connectivity index (χ1v) is 11.8. The third kappa shape index (κ3) is 5.28. The number of nitrogens with one attached hydrogen (secondary N) is 1. The molecule has 0 saturated carbocycles. The zero-order valence-electron chi connectivity index (χ0n) is 16.2. The molecule has 0 radical (unpaired) electrons. The second kappa shape index (κ2) is 8.85. The van der Waals surface area contributed by atoms with Gasteiger partial charge in [-0.05, 0) is 31.2 Å². The third-order valence-electron chi connectivity index (χ3n) is 4.21. The minimum Gasteiger partial charge on any atom is -0.324 e. The van der Waals surface area contributed by atoms with E-state index in [9.17, 15) is 26.4 Å². The lowest BCUT2D eigenvalue weighted by atomic mass is 10.2. The number of benzene rings is 2. The minimum atomic E-state index is -3.97. The molecule has 0 fully saturated rings. The molecule has 29 heavy (non-hydrogen) atoms. The number of para-hydroxylation sites is 1. The van der Waals surface area contributed by atoms with Crippen LogP contribution in [-0.2, 0) is 24.7 Å². The molecule has 0 saturated heterocycles. The molecule has 8 nitrogen and oxygen atoms in total. The van der Waals surface area contributed by atoms with Crippen molar-refractivity contribution in [3.05, 3.63) is 54.1 Å². The van der Waals surface area contributed by atoms with Crippen molar-refractivity contribution >= 4 is 37.2 Å². The van der Waals surface area contributed by atoms with E-state index in [0.717, 1.165) is 4.31 Å². The predicted molar refractivity (Wildman–Crippen MR) is 109 cm³/mol. The molecule has 10 heteroatoms. The van der Waals surface area contributed by atoms with Crippen molar-refractivity contribution < 1.29 is 26.4 Å². The highest BCUT2D eigenvalue weighted by Crippen LogP contribution is 2.22. The first-order chi connectivity index (χ1) is 13.5. The standard InChI is InChI=1S/C19H22N2O6S2/c1-4-28(24,25)18-8-6-5-7-17(18)20-19(23)13-21(3)29(26,27)16-11-9-15(10-12-16)14(2)22/h5-12H,4,13H2,1-3H3,(H,20,23). The van der Waals surface area contributed by atoms with E-state index in [1.165, 1.54) is 57.3 Å². The fourth-order valence-corrected chi connectivity index (χ4v) is 4.69. The monoisotopic (exact) mass is 438 g/mol. The first kappa shape index (κ1) is 22.7. The second-order valence-electron chi connectivity index (χ2n) is 6.29. The van der Waals surface area contributed by atoms with Crippen LogP contribution in [0.3, 0.4) is 0 Å². The summed E-state index contributed by atoms with van der Waals surface area (Å²) in [6.07, 6.45) is 0. The van der Waals surface area contributed by atoms with Crippen molar-refractivity contribution in [3.8, 4) is 0 Å². The van der Waals surface area contributed by atoms with E-state index in [1.54, 1.807) is 12.1 Å². The van der Waals surface area contributed by atoms with Gasteiger partial charge in [-0.15, -0.1) is 0 Å². The van der Waals surface area contributed by atoms with Crippen molar-refractivity contribution in [2.24, 2.45) is 0 Å². The molecule has 0 bridgehead atoms. The normalized spacial score (nSPS) is 12.0. The Hall–Kier alpha value is -2.56. The Morgan fingerprint density at radius 2 is 1.55 bits per heavy atom. The molecule has 0 atom stereocenters. The molecular weight excluding hydrogens is 416 g/mol. The number of carbonyl (C=O) groups excluding carboxylic acids is 2. The van der Waals surface area contributed by atoms with E-state index in [1.807, 2.05) is 0 Å². The maximum absolute atomic E-state index is 12.6. The molecule has 0 aliphatic carbocycles.